The Morgan fingerprint density at radius 2 is 1.66 bits per heavy atom. The molecule has 3 rings (SSSR count). The van der Waals surface area contributed by atoms with Crippen molar-refractivity contribution in [3.63, 3.8) is 0 Å². The van der Waals surface area contributed by atoms with Crippen molar-refractivity contribution >= 4 is 35.1 Å². The Morgan fingerprint density at radius 1 is 1.03 bits per heavy atom. The molecule has 2 aromatic rings. The summed E-state index contributed by atoms with van der Waals surface area (Å²) in [6.07, 6.45) is 0. The zero-order chi connectivity index (χ0) is 20.8. The van der Waals surface area contributed by atoms with Gasteiger partial charge in [0.25, 0.3) is 11.8 Å². The van der Waals surface area contributed by atoms with Crippen molar-refractivity contribution in [1.82, 2.24) is 4.90 Å². The van der Waals surface area contributed by atoms with Crippen LogP contribution in [-0.2, 0) is 9.53 Å². The molecule has 1 heterocycles. The number of ether oxygens (including phenoxy) is 1. The van der Waals surface area contributed by atoms with Crippen LogP contribution < -0.4 is 10.2 Å². The third-order valence-corrected chi connectivity index (χ3v) is 5.20. The number of anilines is 1. The largest absolute Gasteiger partial charge is 0.465 e. The first kappa shape index (κ1) is 20.8. The zero-order valence-electron chi connectivity index (χ0n) is 16.1. The van der Waals surface area contributed by atoms with E-state index in [0.29, 0.717) is 54.6 Å². The topological polar surface area (TPSA) is 80.2 Å². The summed E-state index contributed by atoms with van der Waals surface area (Å²) in [6, 6.07) is 13.5. The SMILES string of the molecule is COC(=O)c1ccc(C(=O)N2CC[NH+](CC(=O)Nc3ccccc3Cl)CC2)cc1. The fourth-order valence-electron chi connectivity index (χ4n) is 3.24. The number of hydrogen-bond acceptors (Lipinski definition) is 4. The highest BCUT2D eigenvalue weighted by molar-refractivity contribution is 6.33. The normalized spacial score (nSPS) is 14.3. The molecule has 152 valence electrons. The molecule has 1 saturated heterocycles. The Hall–Kier alpha value is -2.90. The number of hydrogen-bond donors (Lipinski definition) is 2. The van der Waals surface area contributed by atoms with E-state index < -0.39 is 5.97 Å². The molecule has 0 unspecified atom stereocenters. The molecule has 1 fully saturated rings. The Morgan fingerprint density at radius 3 is 2.28 bits per heavy atom. The van der Waals surface area contributed by atoms with Gasteiger partial charge in [0.1, 0.15) is 0 Å². The summed E-state index contributed by atoms with van der Waals surface area (Å²) in [6.45, 7) is 2.81. The van der Waals surface area contributed by atoms with Crippen molar-refractivity contribution in [1.29, 1.82) is 0 Å². The molecule has 0 radical (unpaired) electrons. The summed E-state index contributed by atoms with van der Waals surface area (Å²) in [5.74, 6) is -0.622. The Kier molecular flexibility index (Phi) is 6.85. The number of nitrogens with zero attached hydrogens (tertiary/aromatic N) is 1. The van der Waals surface area contributed by atoms with E-state index in [0.717, 1.165) is 4.90 Å². The smallest absolute Gasteiger partial charge is 0.337 e. The minimum atomic E-state index is -0.434. The number of carbonyl (C=O) groups is 3. The van der Waals surface area contributed by atoms with E-state index in [2.05, 4.69) is 10.1 Å². The fourth-order valence-corrected chi connectivity index (χ4v) is 3.42. The van der Waals surface area contributed by atoms with Gasteiger partial charge in [-0.3, -0.25) is 9.59 Å². The number of quaternary nitrogens is 1. The number of halogens is 1. The molecule has 0 aliphatic carbocycles. The van der Waals surface area contributed by atoms with Gasteiger partial charge >= 0.3 is 5.97 Å². The van der Waals surface area contributed by atoms with Crippen molar-refractivity contribution in [2.24, 2.45) is 0 Å². The molecule has 2 N–H and O–H groups in total. The molecule has 1 aliphatic heterocycles. The van der Waals surface area contributed by atoms with Crippen LogP contribution in [0.15, 0.2) is 48.5 Å². The lowest BCUT2D eigenvalue weighted by molar-refractivity contribution is -0.895. The predicted octanol–water partition coefficient (Wildman–Crippen LogP) is 1.11. The van der Waals surface area contributed by atoms with Gasteiger partial charge in [0, 0.05) is 5.56 Å². The molecule has 8 heteroatoms. The molecule has 7 nitrogen and oxygen atoms in total. The van der Waals surface area contributed by atoms with Gasteiger partial charge < -0.3 is 19.9 Å². The lowest BCUT2D eigenvalue weighted by atomic mass is 10.1. The standard InChI is InChI=1S/C21H22ClN3O4/c1-29-21(28)16-8-6-15(7-9-16)20(27)25-12-10-24(11-13-25)14-19(26)23-18-5-3-2-4-17(18)22/h2-9H,10-14H2,1H3,(H,23,26)/p+1. The van der Waals surface area contributed by atoms with E-state index in [4.69, 9.17) is 11.6 Å². The number of methoxy groups -OCH3 is 1. The molecule has 0 atom stereocenters. The molecule has 0 spiro atoms. The van der Waals surface area contributed by atoms with Crippen LogP contribution in [0.3, 0.4) is 0 Å². The first-order valence-corrected chi connectivity index (χ1v) is 9.71. The lowest BCUT2D eigenvalue weighted by Crippen LogP contribution is -3.15. The number of rotatable bonds is 5. The summed E-state index contributed by atoms with van der Waals surface area (Å²) in [4.78, 5) is 39.3. The summed E-state index contributed by atoms with van der Waals surface area (Å²) in [7, 11) is 1.32. The third kappa shape index (κ3) is 5.34. The van der Waals surface area contributed by atoms with E-state index in [1.165, 1.54) is 7.11 Å². The Bertz CT molecular complexity index is 893. The zero-order valence-corrected chi connectivity index (χ0v) is 16.9. The quantitative estimate of drug-likeness (QED) is 0.715. The third-order valence-electron chi connectivity index (χ3n) is 4.87. The van der Waals surface area contributed by atoms with Crippen molar-refractivity contribution < 1.29 is 24.0 Å². The minimum absolute atomic E-state index is 0.0824. The summed E-state index contributed by atoms with van der Waals surface area (Å²) in [5, 5.41) is 3.33. The van der Waals surface area contributed by atoms with Crippen molar-refractivity contribution in [2.45, 2.75) is 0 Å². The average molecular weight is 417 g/mol. The Labute approximate surface area is 174 Å². The molecule has 0 aromatic heterocycles. The van der Waals surface area contributed by atoms with E-state index >= 15 is 0 Å². The molecular weight excluding hydrogens is 394 g/mol. The maximum Gasteiger partial charge on any atom is 0.337 e. The average Bonchev–Trinajstić information content (AvgIpc) is 2.75. The lowest BCUT2D eigenvalue weighted by Gasteiger charge is -2.32. The van der Waals surface area contributed by atoms with E-state index in [-0.39, 0.29) is 11.8 Å². The van der Waals surface area contributed by atoms with Crippen molar-refractivity contribution in [2.75, 3.05) is 45.2 Å². The van der Waals surface area contributed by atoms with Crippen molar-refractivity contribution in [3.05, 3.63) is 64.7 Å². The summed E-state index contributed by atoms with van der Waals surface area (Å²) in [5.41, 5.74) is 1.53. The monoisotopic (exact) mass is 416 g/mol. The number of benzene rings is 2. The van der Waals surface area contributed by atoms with E-state index in [9.17, 15) is 14.4 Å². The number of carbonyl (C=O) groups excluding carboxylic acids is 3. The second kappa shape index (κ2) is 9.54. The molecule has 0 saturated carbocycles. The van der Waals surface area contributed by atoms with Crippen LogP contribution in [0.2, 0.25) is 5.02 Å². The molecular formula is C21H23ClN3O4+. The second-order valence-electron chi connectivity index (χ2n) is 6.82. The van der Waals surface area contributed by atoms with Crippen LogP contribution in [0.4, 0.5) is 5.69 Å². The van der Waals surface area contributed by atoms with Crippen LogP contribution in [0.1, 0.15) is 20.7 Å². The van der Waals surface area contributed by atoms with Crippen molar-refractivity contribution in [3.8, 4) is 0 Å². The van der Waals surface area contributed by atoms with Crippen LogP contribution in [-0.4, -0.2) is 62.5 Å². The molecule has 1 aliphatic rings. The predicted molar refractivity (Wildman–Crippen MR) is 109 cm³/mol. The summed E-state index contributed by atoms with van der Waals surface area (Å²) >= 11 is 6.07. The molecule has 29 heavy (non-hydrogen) atoms. The van der Waals surface area contributed by atoms with E-state index in [1.807, 2.05) is 12.1 Å². The minimum Gasteiger partial charge on any atom is -0.465 e. The Balaban J connectivity index is 1.49. The van der Waals surface area contributed by atoms with Crippen LogP contribution in [0.25, 0.3) is 0 Å². The number of amides is 2. The second-order valence-corrected chi connectivity index (χ2v) is 7.22. The maximum absolute atomic E-state index is 12.7. The highest BCUT2D eigenvalue weighted by Gasteiger charge is 2.26. The van der Waals surface area contributed by atoms with Gasteiger partial charge in [-0.05, 0) is 36.4 Å². The summed E-state index contributed by atoms with van der Waals surface area (Å²) < 4.78 is 4.66. The van der Waals surface area contributed by atoms with Gasteiger partial charge in [0.2, 0.25) is 0 Å². The fraction of sp³-hybridized carbons (Fsp3) is 0.286. The first-order chi connectivity index (χ1) is 14.0. The maximum atomic E-state index is 12.7. The van der Waals surface area contributed by atoms with Gasteiger partial charge in [-0.2, -0.15) is 0 Å². The highest BCUT2D eigenvalue weighted by Crippen LogP contribution is 2.19. The van der Waals surface area contributed by atoms with Gasteiger partial charge in [-0.25, -0.2) is 4.79 Å². The van der Waals surface area contributed by atoms with Gasteiger partial charge in [0.05, 0.1) is 49.6 Å². The molecule has 0 bridgehead atoms. The number of nitrogens with one attached hydrogen (secondary N) is 2. The van der Waals surface area contributed by atoms with Crippen LogP contribution in [0, 0.1) is 0 Å². The van der Waals surface area contributed by atoms with Gasteiger partial charge in [-0.15, -0.1) is 0 Å². The van der Waals surface area contributed by atoms with Crippen LogP contribution in [0.5, 0.6) is 0 Å². The first-order valence-electron chi connectivity index (χ1n) is 9.33. The number of piperazine rings is 1. The molecule has 2 aromatic carbocycles. The van der Waals surface area contributed by atoms with E-state index in [1.54, 1.807) is 41.3 Å². The number of esters is 1. The van der Waals surface area contributed by atoms with Crippen LogP contribution >= 0.6 is 11.6 Å². The highest BCUT2D eigenvalue weighted by atomic mass is 35.5. The number of para-hydroxylation sites is 1. The van der Waals surface area contributed by atoms with Gasteiger partial charge in [-0.1, -0.05) is 23.7 Å². The molecule has 2 amide bonds. The van der Waals surface area contributed by atoms with Gasteiger partial charge in [0.15, 0.2) is 6.54 Å².